The first-order valence-electron chi connectivity index (χ1n) is 5.87. The minimum atomic E-state index is 0.115. The molecule has 1 unspecified atom stereocenters. The molecule has 0 aliphatic heterocycles. The normalized spacial score (nSPS) is 12.5. The molecule has 1 N–H and O–H groups in total. The van der Waals surface area contributed by atoms with E-state index in [1.807, 2.05) is 27.8 Å². The quantitative estimate of drug-likeness (QED) is 0.874. The van der Waals surface area contributed by atoms with Crippen LogP contribution in [0, 0.1) is 13.8 Å². The highest BCUT2D eigenvalue weighted by Crippen LogP contribution is 2.22. The molecule has 1 heterocycles. The number of hydrogen-bond acceptors (Lipinski definition) is 4. The number of aryl methyl sites for hydroxylation is 2. The summed E-state index contributed by atoms with van der Waals surface area (Å²) in [6.45, 7) is 9.18. The van der Waals surface area contributed by atoms with Gasteiger partial charge in [0, 0.05) is 24.5 Å². The van der Waals surface area contributed by atoms with Gasteiger partial charge in [0.15, 0.2) is 0 Å². The highest BCUT2D eigenvalue weighted by molar-refractivity contribution is 7.11. The van der Waals surface area contributed by atoms with Crippen molar-refractivity contribution >= 4 is 17.2 Å². The predicted molar refractivity (Wildman–Crippen MR) is 71.3 cm³/mol. The van der Waals surface area contributed by atoms with Crippen molar-refractivity contribution in [3.05, 3.63) is 15.6 Å². The molecule has 4 nitrogen and oxygen atoms in total. The number of carbonyl (C=O) groups is 1. The van der Waals surface area contributed by atoms with Crippen LogP contribution in [0.1, 0.15) is 35.5 Å². The summed E-state index contributed by atoms with van der Waals surface area (Å²) >= 11 is 1.70. The second-order valence-corrected chi connectivity index (χ2v) is 5.59. The number of carbonyl (C=O) groups excluding carboxylic acids is 1. The molecule has 1 aromatic rings. The van der Waals surface area contributed by atoms with Crippen LogP contribution in [-0.4, -0.2) is 35.9 Å². The Morgan fingerprint density at radius 3 is 2.65 bits per heavy atom. The Balaban J connectivity index is 2.53. The van der Waals surface area contributed by atoms with E-state index < -0.39 is 0 Å². The second kappa shape index (κ2) is 6.12. The molecule has 0 aliphatic rings. The molecule has 1 atom stereocenters. The lowest BCUT2D eigenvalue weighted by Crippen LogP contribution is -2.36. The Kier molecular flexibility index (Phi) is 5.08. The van der Waals surface area contributed by atoms with Gasteiger partial charge < -0.3 is 10.2 Å². The third kappa shape index (κ3) is 3.78. The number of nitrogens with one attached hydrogen (secondary N) is 1. The van der Waals surface area contributed by atoms with E-state index in [9.17, 15) is 4.79 Å². The zero-order valence-electron chi connectivity index (χ0n) is 11.2. The van der Waals surface area contributed by atoms with Crippen LogP contribution in [-0.2, 0) is 4.79 Å². The van der Waals surface area contributed by atoms with Crippen molar-refractivity contribution in [1.29, 1.82) is 0 Å². The molecular formula is C12H21N3OS. The zero-order valence-corrected chi connectivity index (χ0v) is 12.0. The lowest BCUT2D eigenvalue weighted by atomic mass is 10.2. The van der Waals surface area contributed by atoms with Crippen LogP contribution in [0.5, 0.6) is 0 Å². The highest BCUT2D eigenvalue weighted by Gasteiger charge is 2.14. The number of nitrogens with zero attached hydrogens (tertiary/aromatic N) is 2. The average molecular weight is 255 g/mol. The number of thiazole rings is 1. The molecule has 1 amide bonds. The van der Waals surface area contributed by atoms with E-state index in [1.165, 1.54) is 4.88 Å². The van der Waals surface area contributed by atoms with Gasteiger partial charge in [-0.2, -0.15) is 0 Å². The molecule has 5 heteroatoms. The van der Waals surface area contributed by atoms with Crippen molar-refractivity contribution in [3.8, 4) is 0 Å². The summed E-state index contributed by atoms with van der Waals surface area (Å²) in [5.41, 5.74) is 1.06. The molecule has 0 fully saturated rings. The van der Waals surface area contributed by atoms with Gasteiger partial charge in [-0.3, -0.25) is 4.79 Å². The minimum absolute atomic E-state index is 0.115. The number of likely N-dealkylation sites (N-methyl/N-ethyl adjacent to an activating group) is 1. The summed E-state index contributed by atoms with van der Waals surface area (Å²) in [7, 11) is 1.81. The summed E-state index contributed by atoms with van der Waals surface area (Å²) in [4.78, 5) is 19.1. The third-order valence-electron chi connectivity index (χ3n) is 2.81. The van der Waals surface area contributed by atoms with Crippen LogP contribution >= 0.6 is 11.3 Å². The summed E-state index contributed by atoms with van der Waals surface area (Å²) in [6.07, 6.45) is 0. The van der Waals surface area contributed by atoms with Crippen LogP contribution in [0.2, 0.25) is 0 Å². The molecule has 0 saturated carbocycles. The Morgan fingerprint density at radius 2 is 2.18 bits per heavy atom. The van der Waals surface area contributed by atoms with E-state index in [0.29, 0.717) is 6.54 Å². The van der Waals surface area contributed by atoms with Gasteiger partial charge in [-0.05, 0) is 27.7 Å². The first kappa shape index (κ1) is 14.1. The molecular weight excluding hydrogens is 234 g/mol. The fourth-order valence-electron chi connectivity index (χ4n) is 1.60. The van der Waals surface area contributed by atoms with Gasteiger partial charge in [-0.25, -0.2) is 4.98 Å². The van der Waals surface area contributed by atoms with Gasteiger partial charge in [-0.1, -0.05) is 0 Å². The van der Waals surface area contributed by atoms with E-state index in [2.05, 4.69) is 17.2 Å². The van der Waals surface area contributed by atoms with E-state index in [-0.39, 0.29) is 11.9 Å². The summed E-state index contributed by atoms with van der Waals surface area (Å²) in [5.74, 6) is 0.115. The Bertz CT molecular complexity index is 389. The monoisotopic (exact) mass is 255 g/mol. The topological polar surface area (TPSA) is 45.2 Å². The molecule has 17 heavy (non-hydrogen) atoms. The van der Waals surface area contributed by atoms with Crippen molar-refractivity contribution in [2.45, 2.75) is 33.7 Å². The molecule has 0 aliphatic carbocycles. The van der Waals surface area contributed by atoms with Crippen LogP contribution < -0.4 is 5.32 Å². The Hall–Kier alpha value is -0.940. The van der Waals surface area contributed by atoms with Gasteiger partial charge >= 0.3 is 0 Å². The van der Waals surface area contributed by atoms with Crippen LogP contribution in [0.15, 0.2) is 0 Å². The lowest BCUT2D eigenvalue weighted by molar-refractivity contribution is -0.128. The standard InChI is InChI=1S/C12H21N3OS/c1-6-15(5)11(16)7-13-8(2)12-9(3)17-10(4)14-12/h8,13H,6-7H2,1-5H3. The van der Waals surface area contributed by atoms with Crippen molar-refractivity contribution in [3.63, 3.8) is 0 Å². The van der Waals surface area contributed by atoms with Crippen molar-refractivity contribution in [2.24, 2.45) is 0 Å². The molecule has 0 saturated heterocycles. The van der Waals surface area contributed by atoms with Gasteiger partial charge in [0.05, 0.1) is 17.2 Å². The predicted octanol–water partition coefficient (Wildman–Crippen LogP) is 1.89. The fraction of sp³-hybridized carbons (Fsp3) is 0.667. The Morgan fingerprint density at radius 1 is 1.53 bits per heavy atom. The largest absolute Gasteiger partial charge is 0.345 e. The molecule has 1 aromatic heterocycles. The van der Waals surface area contributed by atoms with E-state index in [1.54, 1.807) is 16.2 Å². The maximum absolute atomic E-state index is 11.6. The van der Waals surface area contributed by atoms with Crippen molar-refractivity contribution in [1.82, 2.24) is 15.2 Å². The molecule has 0 radical (unpaired) electrons. The molecule has 0 spiro atoms. The molecule has 0 aromatic carbocycles. The van der Waals surface area contributed by atoms with E-state index in [4.69, 9.17) is 0 Å². The Labute approximate surface area is 107 Å². The van der Waals surface area contributed by atoms with Gasteiger partial charge in [0.25, 0.3) is 0 Å². The number of amides is 1. The van der Waals surface area contributed by atoms with Gasteiger partial charge in [0.1, 0.15) is 0 Å². The summed E-state index contributed by atoms with van der Waals surface area (Å²) in [6, 6.07) is 0.120. The van der Waals surface area contributed by atoms with Gasteiger partial charge in [0.2, 0.25) is 5.91 Å². The molecule has 0 bridgehead atoms. The average Bonchev–Trinajstić information content (AvgIpc) is 2.63. The first-order valence-corrected chi connectivity index (χ1v) is 6.68. The molecule has 96 valence electrons. The van der Waals surface area contributed by atoms with Crippen molar-refractivity contribution < 1.29 is 4.79 Å². The van der Waals surface area contributed by atoms with Crippen LogP contribution in [0.3, 0.4) is 0 Å². The van der Waals surface area contributed by atoms with E-state index in [0.717, 1.165) is 17.2 Å². The number of aromatic nitrogens is 1. The lowest BCUT2D eigenvalue weighted by Gasteiger charge is -2.17. The SMILES string of the molecule is CCN(C)C(=O)CNC(C)c1nc(C)sc1C. The third-order valence-corrected chi connectivity index (χ3v) is 3.71. The zero-order chi connectivity index (χ0) is 13.0. The smallest absolute Gasteiger partial charge is 0.236 e. The van der Waals surface area contributed by atoms with Crippen molar-refractivity contribution in [2.75, 3.05) is 20.1 Å². The maximum Gasteiger partial charge on any atom is 0.236 e. The maximum atomic E-state index is 11.6. The van der Waals surface area contributed by atoms with Crippen LogP contribution in [0.4, 0.5) is 0 Å². The summed E-state index contributed by atoms with van der Waals surface area (Å²) in [5, 5.41) is 4.29. The van der Waals surface area contributed by atoms with Crippen LogP contribution in [0.25, 0.3) is 0 Å². The first-order chi connectivity index (χ1) is 7.95. The molecule has 1 rings (SSSR count). The minimum Gasteiger partial charge on any atom is -0.345 e. The number of rotatable bonds is 5. The summed E-state index contributed by atoms with van der Waals surface area (Å²) < 4.78 is 0. The second-order valence-electron chi connectivity index (χ2n) is 4.18. The highest BCUT2D eigenvalue weighted by atomic mass is 32.1. The number of hydrogen-bond donors (Lipinski definition) is 1. The van der Waals surface area contributed by atoms with E-state index >= 15 is 0 Å². The van der Waals surface area contributed by atoms with Gasteiger partial charge in [-0.15, -0.1) is 11.3 Å². The fourth-order valence-corrected chi connectivity index (χ4v) is 2.51.